The van der Waals surface area contributed by atoms with E-state index in [2.05, 4.69) is 31.5 Å². The lowest BCUT2D eigenvalue weighted by atomic mass is 10.2. The summed E-state index contributed by atoms with van der Waals surface area (Å²) in [4.78, 5) is 30.9. The van der Waals surface area contributed by atoms with Crippen LogP contribution in [0.1, 0.15) is 23.7 Å². The molecule has 0 aliphatic rings. The van der Waals surface area contributed by atoms with Gasteiger partial charge in [0.25, 0.3) is 5.91 Å². The molecule has 0 radical (unpaired) electrons. The zero-order chi connectivity index (χ0) is 24.8. The predicted octanol–water partition coefficient (Wildman–Crippen LogP) is 7.99. The van der Waals surface area contributed by atoms with Crippen LogP contribution in [0.3, 0.4) is 0 Å². The lowest BCUT2D eigenvalue weighted by Gasteiger charge is -2.14. The summed E-state index contributed by atoms with van der Waals surface area (Å²) in [5.74, 6) is -0.354. The molecule has 178 valence electrons. The number of carbonyl (C=O) groups is 2. The minimum atomic E-state index is -0.311. The second kappa shape index (κ2) is 11.9. The Morgan fingerprint density at radius 1 is 1.06 bits per heavy atom. The summed E-state index contributed by atoms with van der Waals surface area (Å²) in [5.41, 5.74) is 2.94. The number of hydrogen-bond acceptors (Lipinski definition) is 5. The number of hydrogen-bond donors (Lipinski definition) is 2. The van der Waals surface area contributed by atoms with Crippen molar-refractivity contribution in [3.8, 4) is 11.3 Å². The smallest absolute Gasteiger partial charge is 0.255 e. The average molecular weight is 587 g/mol. The fourth-order valence-corrected chi connectivity index (χ4v) is 5.43. The molecule has 5 nitrogen and oxygen atoms in total. The van der Waals surface area contributed by atoms with Crippen molar-refractivity contribution in [2.45, 2.75) is 23.5 Å². The normalized spacial score (nSPS) is 11.6. The molecule has 3 aromatic carbocycles. The summed E-state index contributed by atoms with van der Waals surface area (Å²) in [7, 11) is 0. The van der Waals surface area contributed by atoms with Crippen molar-refractivity contribution in [3.05, 3.63) is 93.2 Å². The molecule has 0 aliphatic carbocycles. The van der Waals surface area contributed by atoms with Gasteiger partial charge in [-0.1, -0.05) is 58.7 Å². The minimum absolute atomic E-state index is 0.109. The van der Waals surface area contributed by atoms with Gasteiger partial charge in [-0.3, -0.25) is 9.59 Å². The number of nitrogens with zero attached hydrogens (tertiary/aromatic N) is 1. The van der Waals surface area contributed by atoms with E-state index < -0.39 is 0 Å². The first-order chi connectivity index (χ1) is 16.9. The van der Waals surface area contributed by atoms with Gasteiger partial charge in [0.2, 0.25) is 5.91 Å². The standard InChI is InChI=1S/C26H21BrClN3O2S2/c1-2-23(25(33)31-26-30-22(15-34-26)16-9-11-18(27)12-10-16)35-21-8-4-7-20(14-21)29-24(32)17-5-3-6-19(28)13-17/h3-15,23H,2H2,1H3,(H,29,32)(H,30,31,33). The molecule has 9 heteroatoms. The van der Waals surface area contributed by atoms with E-state index in [1.54, 1.807) is 24.3 Å². The Kier molecular flexibility index (Phi) is 8.62. The number of aromatic nitrogens is 1. The quantitative estimate of drug-likeness (QED) is 0.205. The third kappa shape index (κ3) is 6.95. The molecule has 0 spiro atoms. The summed E-state index contributed by atoms with van der Waals surface area (Å²) in [6.07, 6.45) is 0.639. The topological polar surface area (TPSA) is 71.1 Å². The molecule has 0 bridgehead atoms. The Morgan fingerprint density at radius 2 is 1.83 bits per heavy atom. The van der Waals surface area contributed by atoms with Crippen LogP contribution in [0.4, 0.5) is 10.8 Å². The van der Waals surface area contributed by atoms with Gasteiger partial charge in [-0.2, -0.15) is 0 Å². The van der Waals surface area contributed by atoms with Crippen molar-refractivity contribution in [3.63, 3.8) is 0 Å². The van der Waals surface area contributed by atoms with Gasteiger partial charge >= 0.3 is 0 Å². The molecule has 2 N–H and O–H groups in total. The first-order valence-electron chi connectivity index (χ1n) is 10.8. The van der Waals surface area contributed by atoms with Crippen LogP contribution in [0.5, 0.6) is 0 Å². The molecule has 1 aromatic heterocycles. The van der Waals surface area contributed by atoms with Crippen molar-refractivity contribution in [1.82, 2.24) is 4.98 Å². The highest BCUT2D eigenvalue weighted by Gasteiger charge is 2.20. The van der Waals surface area contributed by atoms with Crippen molar-refractivity contribution >= 4 is 73.3 Å². The van der Waals surface area contributed by atoms with Crippen LogP contribution in [0.25, 0.3) is 11.3 Å². The first-order valence-corrected chi connectivity index (χ1v) is 13.7. The molecule has 0 fully saturated rings. The van der Waals surface area contributed by atoms with E-state index in [0.717, 1.165) is 20.6 Å². The van der Waals surface area contributed by atoms with E-state index in [0.29, 0.717) is 27.8 Å². The maximum absolute atomic E-state index is 13.0. The third-order valence-corrected chi connectivity index (χ3v) is 7.87. The highest BCUT2D eigenvalue weighted by atomic mass is 79.9. The van der Waals surface area contributed by atoms with Gasteiger partial charge < -0.3 is 10.6 Å². The lowest BCUT2D eigenvalue weighted by Crippen LogP contribution is -2.24. The number of amides is 2. The van der Waals surface area contributed by atoms with Crippen LogP contribution in [-0.4, -0.2) is 22.0 Å². The van der Waals surface area contributed by atoms with Crippen LogP contribution >= 0.6 is 50.6 Å². The minimum Gasteiger partial charge on any atom is -0.322 e. The predicted molar refractivity (Wildman–Crippen MR) is 150 cm³/mol. The number of rotatable bonds is 8. The summed E-state index contributed by atoms with van der Waals surface area (Å²) < 4.78 is 1.00. The average Bonchev–Trinajstić information content (AvgIpc) is 3.31. The van der Waals surface area contributed by atoms with Gasteiger partial charge in [0, 0.05) is 36.6 Å². The Balaban J connectivity index is 1.39. The first kappa shape index (κ1) is 25.4. The number of nitrogens with one attached hydrogen (secondary N) is 2. The molecule has 4 aromatic rings. The van der Waals surface area contributed by atoms with E-state index in [9.17, 15) is 9.59 Å². The van der Waals surface area contributed by atoms with Crippen molar-refractivity contribution in [2.24, 2.45) is 0 Å². The molecule has 35 heavy (non-hydrogen) atoms. The number of carbonyl (C=O) groups excluding carboxylic acids is 2. The van der Waals surface area contributed by atoms with Crippen LogP contribution < -0.4 is 10.6 Å². The molecule has 2 amide bonds. The molecule has 4 rings (SSSR count). The summed E-state index contributed by atoms with van der Waals surface area (Å²) >= 11 is 12.3. The van der Waals surface area contributed by atoms with Crippen LogP contribution in [-0.2, 0) is 4.79 Å². The molecule has 0 saturated heterocycles. The maximum Gasteiger partial charge on any atom is 0.255 e. The highest BCUT2D eigenvalue weighted by molar-refractivity contribution is 9.10. The summed E-state index contributed by atoms with van der Waals surface area (Å²) in [6.45, 7) is 1.97. The SMILES string of the molecule is CCC(Sc1cccc(NC(=O)c2cccc(Cl)c2)c1)C(=O)Nc1nc(-c2ccc(Br)cc2)cs1. The van der Waals surface area contributed by atoms with Crippen molar-refractivity contribution in [1.29, 1.82) is 0 Å². The van der Waals surface area contributed by atoms with Gasteiger partial charge in [-0.25, -0.2) is 4.98 Å². The van der Waals surface area contributed by atoms with Gasteiger partial charge in [0.05, 0.1) is 10.9 Å². The molecule has 0 aliphatic heterocycles. The Hall–Kier alpha value is -2.65. The molecular weight excluding hydrogens is 566 g/mol. The molecule has 1 heterocycles. The fraction of sp³-hybridized carbons (Fsp3) is 0.115. The van der Waals surface area contributed by atoms with E-state index in [1.165, 1.54) is 23.1 Å². The maximum atomic E-state index is 13.0. The van der Waals surface area contributed by atoms with E-state index in [1.807, 2.05) is 60.8 Å². The van der Waals surface area contributed by atoms with E-state index in [-0.39, 0.29) is 17.1 Å². The van der Waals surface area contributed by atoms with Crippen LogP contribution in [0, 0.1) is 0 Å². The molecule has 1 atom stereocenters. The second-order valence-electron chi connectivity index (χ2n) is 7.54. The Bertz CT molecular complexity index is 1340. The summed E-state index contributed by atoms with van der Waals surface area (Å²) in [6, 6.07) is 22.1. The molecule has 1 unspecified atom stereocenters. The fourth-order valence-electron chi connectivity index (χ4n) is 3.24. The number of thioether (sulfide) groups is 1. The monoisotopic (exact) mass is 585 g/mol. The van der Waals surface area contributed by atoms with E-state index >= 15 is 0 Å². The highest BCUT2D eigenvalue weighted by Crippen LogP contribution is 2.30. The second-order valence-corrected chi connectivity index (χ2v) is 11.0. The zero-order valence-corrected chi connectivity index (χ0v) is 22.6. The number of benzene rings is 3. The summed E-state index contributed by atoms with van der Waals surface area (Å²) in [5, 5.41) is 8.52. The molecular formula is C26H21BrClN3O2S2. The van der Waals surface area contributed by atoms with Crippen LogP contribution in [0.15, 0.2) is 87.5 Å². The zero-order valence-electron chi connectivity index (χ0n) is 18.6. The van der Waals surface area contributed by atoms with Gasteiger partial charge in [-0.15, -0.1) is 23.1 Å². The number of halogens is 2. The van der Waals surface area contributed by atoms with Crippen molar-refractivity contribution in [2.75, 3.05) is 10.6 Å². The number of anilines is 2. The van der Waals surface area contributed by atoms with Gasteiger partial charge in [0.15, 0.2) is 5.13 Å². The van der Waals surface area contributed by atoms with Crippen molar-refractivity contribution < 1.29 is 9.59 Å². The number of thiazole rings is 1. The molecule has 0 saturated carbocycles. The third-order valence-electron chi connectivity index (χ3n) is 4.99. The Labute approximate surface area is 225 Å². The van der Waals surface area contributed by atoms with Gasteiger partial charge in [-0.05, 0) is 55.0 Å². The van der Waals surface area contributed by atoms with E-state index in [4.69, 9.17) is 11.6 Å². The lowest BCUT2D eigenvalue weighted by molar-refractivity contribution is -0.115. The Morgan fingerprint density at radius 3 is 2.57 bits per heavy atom. The largest absolute Gasteiger partial charge is 0.322 e. The van der Waals surface area contributed by atoms with Crippen LogP contribution in [0.2, 0.25) is 5.02 Å². The van der Waals surface area contributed by atoms with Gasteiger partial charge in [0.1, 0.15) is 0 Å².